The molecule has 12 heteroatoms. The maximum Gasteiger partial charge on any atom is 0.513 e. The van der Waals surface area contributed by atoms with Crippen LogP contribution in [0.25, 0.3) is 0 Å². The zero-order valence-corrected chi connectivity index (χ0v) is 22.8. The molecule has 3 aliphatic rings. The summed E-state index contributed by atoms with van der Waals surface area (Å²) in [6.45, 7) is 7.89. The molecule has 2 aliphatic heterocycles. The van der Waals surface area contributed by atoms with Crippen LogP contribution in [0.2, 0.25) is 0 Å². The molecular weight excluding hydrogens is 512 g/mol. The summed E-state index contributed by atoms with van der Waals surface area (Å²) in [4.78, 5) is 35.1. The largest absolute Gasteiger partial charge is 0.513 e. The van der Waals surface area contributed by atoms with E-state index in [1.165, 1.54) is 29.8 Å². The van der Waals surface area contributed by atoms with Gasteiger partial charge in [-0.05, 0) is 59.1 Å². The zero-order chi connectivity index (χ0) is 28.4. The van der Waals surface area contributed by atoms with Gasteiger partial charge in [-0.15, -0.1) is 0 Å². The van der Waals surface area contributed by atoms with Crippen LogP contribution in [0.4, 0.5) is 15.3 Å². The van der Waals surface area contributed by atoms with Gasteiger partial charge in [-0.3, -0.25) is 10.1 Å². The monoisotopic (exact) mass is 548 g/mol. The van der Waals surface area contributed by atoms with Crippen molar-refractivity contribution >= 4 is 17.9 Å². The number of non-ortho nitro benzene ring substituents is 1. The van der Waals surface area contributed by atoms with Crippen molar-refractivity contribution in [3.05, 3.63) is 46.0 Å². The molecule has 39 heavy (non-hydrogen) atoms. The predicted octanol–water partition coefficient (Wildman–Crippen LogP) is 4.30. The minimum absolute atomic E-state index is 0.0193. The predicted molar refractivity (Wildman–Crippen MR) is 137 cm³/mol. The van der Waals surface area contributed by atoms with Crippen LogP contribution in [0.3, 0.4) is 0 Å². The average molecular weight is 549 g/mol. The summed E-state index contributed by atoms with van der Waals surface area (Å²) in [6, 6.07) is 5.00. The van der Waals surface area contributed by atoms with Crippen LogP contribution in [-0.4, -0.2) is 73.1 Å². The number of nitro benzene ring substituents is 1. The number of benzene rings is 1. The molecule has 1 aromatic rings. The number of carbonyl (C=O) groups is 2. The second-order valence-corrected chi connectivity index (χ2v) is 11.1. The molecule has 1 spiro atoms. The molecule has 1 N–H and O–H groups in total. The Balaban J connectivity index is 1.27. The van der Waals surface area contributed by atoms with Gasteiger partial charge in [0, 0.05) is 25.2 Å². The van der Waals surface area contributed by atoms with E-state index in [1.54, 1.807) is 21.0 Å². The number of hydrogen-bond acceptors (Lipinski definition) is 10. The molecule has 1 aliphatic carbocycles. The van der Waals surface area contributed by atoms with Gasteiger partial charge in [-0.25, -0.2) is 9.59 Å². The fourth-order valence-electron chi connectivity index (χ4n) is 5.08. The van der Waals surface area contributed by atoms with Crippen molar-refractivity contribution in [3.8, 4) is 5.75 Å². The van der Waals surface area contributed by atoms with Crippen LogP contribution >= 0.6 is 0 Å². The molecule has 2 saturated heterocycles. The molecule has 12 nitrogen and oxygen atoms in total. The first-order valence-electron chi connectivity index (χ1n) is 13.0. The number of ether oxygens (including phenoxy) is 6. The van der Waals surface area contributed by atoms with Gasteiger partial charge in [0.2, 0.25) is 0 Å². The van der Waals surface area contributed by atoms with E-state index >= 15 is 0 Å². The number of nitrogens with zero attached hydrogens (tertiary/aromatic N) is 1. The van der Waals surface area contributed by atoms with Crippen molar-refractivity contribution in [1.29, 1.82) is 0 Å². The Bertz CT molecular complexity index is 1090. The average Bonchev–Trinajstić information content (AvgIpc) is 3.80. The highest BCUT2D eigenvalue weighted by atomic mass is 16.7. The number of epoxide rings is 2. The molecule has 1 amide bonds. The third kappa shape index (κ3) is 7.25. The molecule has 4 rings (SSSR count). The van der Waals surface area contributed by atoms with E-state index in [2.05, 4.69) is 25.2 Å². The molecule has 6 unspecified atom stereocenters. The molecule has 6 atom stereocenters. The number of nitro groups is 1. The van der Waals surface area contributed by atoms with Crippen LogP contribution in [0.15, 0.2) is 35.9 Å². The SMILES string of the molecule is COC1C(OC(=O)NC(C)(C)COC(=O)Oc2ccc([N+](=O)[O-])cc2)CCC2(CO2)C1C1OC1CC=C(C)C. The highest BCUT2D eigenvalue weighted by molar-refractivity contribution is 5.69. The van der Waals surface area contributed by atoms with Gasteiger partial charge in [0.25, 0.3) is 5.69 Å². The quantitative estimate of drug-likeness (QED) is 0.112. The molecule has 1 saturated carbocycles. The number of hydrogen-bond donors (Lipinski definition) is 1. The highest BCUT2D eigenvalue weighted by Crippen LogP contribution is 2.54. The van der Waals surface area contributed by atoms with E-state index in [-0.39, 0.29) is 47.9 Å². The van der Waals surface area contributed by atoms with Crippen LogP contribution in [0.1, 0.15) is 47.0 Å². The number of amides is 1. The molecule has 0 aromatic heterocycles. The normalized spacial score (nSPS) is 29.2. The van der Waals surface area contributed by atoms with Crippen molar-refractivity contribution in [2.75, 3.05) is 20.3 Å². The van der Waals surface area contributed by atoms with Gasteiger partial charge in [0.05, 0.1) is 34.9 Å². The Morgan fingerprint density at radius 2 is 1.95 bits per heavy atom. The number of alkyl carbamates (subject to hydrolysis) is 1. The lowest BCUT2D eigenvalue weighted by atomic mass is 9.73. The summed E-state index contributed by atoms with van der Waals surface area (Å²) >= 11 is 0. The lowest BCUT2D eigenvalue weighted by Crippen LogP contribution is -2.55. The number of nitrogens with one attached hydrogen (secondary N) is 1. The lowest BCUT2D eigenvalue weighted by molar-refractivity contribution is -0.384. The first-order chi connectivity index (χ1) is 18.4. The second kappa shape index (κ2) is 11.5. The number of rotatable bonds is 10. The van der Waals surface area contributed by atoms with Gasteiger partial charge in [-0.1, -0.05) is 11.6 Å². The van der Waals surface area contributed by atoms with Crippen molar-refractivity contribution in [1.82, 2.24) is 5.32 Å². The third-order valence-electron chi connectivity index (χ3n) is 7.20. The number of methoxy groups -OCH3 is 1. The molecule has 214 valence electrons. The third-order valence-corrected chi connectivity index (χ3v) is 7.20. The Morgan fingerprint density at radius 1 is 1.26 bits per heavy atom. The summed E-state index contributed by atoms with van der Waals surface area (Å²) in [5, 5.41) is 13.5. The van der Waals surface area contributed by atoms with Crippen molar-refractivity contribution in [3.63, 3.8) is 0 Å². The van der Waals surface area contributed by atoms with Gasteiger partial charge < -0.3 is 33.7 Å². The Labute approximate surface area is 227 Å². The maximum atomic E-state index is 12.8. The molecule has 0 bridgehead atoms. The molecule has 1 aromatic carbocycles. The van der Waals surface area contributed by atoms with E-state index < -0.39 is 28.8 Å². The fourth-order valence-corrected chi connectivity index (χ4v) is 5.08. The summed E-state index contributed by atoms with van der Waals surface area (Å²) in [5.41, 5.74) is -0.165. The minimum atomic E-state index is -1.01. The van der Waals surface area contributed by atoms with Crippen LogP contribution in [0, 0.1) is 16.0 Å². The number of allylic oxidation sites excluding steroid dienone is 1. The summed E-state index contributed by atoms with van der Waals surface area (Å²) in [6.07, 6.45) is 1.83. The molecule has 0 radical (unpaired) electrons. The molecular formula is C27H36N2O10. The smallest absolute Gasteiger partial charge is 0.443 e. The minimum Gasteiger partial charge on any atom is -0.443 e. The molecule has 3 fully saturated rings. The number of carbonyl (C=O) groups excluding carboxylic acids is 2. The zero-order valence-electron chi connectivity index (χ0n) is 22.8. The summed E-state index contributed by atoms with van der Waals surface area (Å²) in [5.74, 6) is 0.0449. The highest BCUT2D eigenvalue weighted by Gasteiger charge is 2.66. The topological polar surface area (TPSA) is 151 Å². The van der Waals surface area contributed by atoms with E-state index in [0.717, 1.165) is 12.8 Å². The first kappa shape index (κ1) is 28.8. The van der Waals surface area contributed by atoms with E-state index in [4.69, 9.17) is 28.4 Å². The Hall–Kier alpha value is -3.22. The van der Waals surface area contributed by atoms with Gasteiger partial charge >= 0.3 is 12.2 Å². The molecule has 2 heterocycles. The van der Waals surface area contributed by atoms with Crippen LogP contribution < -0.4 is 10.1 Å². The fraction of sp³-hybridized carbons (Fsp3) is 0.630. The van der Waals surface area contributed by atoms with Crippen LogP contribution in [0.5, 0.6) is 5.75 Å². The first-order valence-corrected chi connectivity index (χ1v) is 13.0. The van der Waals surface area contributed by atoms with Crippen molar-refractivity contribution in [2.45, 2.75) is 82.5 Å². The maximum absolute atomic E-state index is 12.8. The Kier molecular flexibility index (Phi) is 8.48. The second-order valence-electron chi connectivity index (χ2n) is 11.1. The van der Waals surface area contributed by atoms with Crippen molar-refractivity contribution in [2.24, 2.45) is 5.92 Å². The van der Waals surface area contributed by atoms with Crippen molar-refractivity contribution < 1.29 is 42.9 Å². The van der Waals surface area contributed by atoms with E-state index in [0.29, 0.717) is 13.0 Å². The standard InChI is InChI=1S/C27H36N2O10/c1-16(2)6-11-19-23(38-19)21-22(34-5)20(12-13-27(21)15-36-27)39-24(30)28-26(3,4)14-35-25(31)37-18-9-7-17(8-10-18)29(32)33/h6-10,19-23H,11-15H2,1-5H3,(H,28,30). The van der Waals surface area contributed by atoms with Gasteiger partial charge in [0.15, 0.2) is 0 Å². The summed E-state index contributed by atoms with van der Waals surface area (Å²) in [7, 11) is 1.61. The van der Waals surface area contributed by atoms with Crippen LogP contribution in [-0.2, 0) is 23.7 Å². The lowest BCUT2D eigenvalue weighted by Gasteiger charge is -2.40. The van der Waals surface area contributed by atoms with E-state index in [1.807, 2.05) is 0 Å². The van der Waals surface area contributed by atoms with Gasteiger partial charge in [-0.2, -0.15) is 0 Å². The Morgan fingerprint density at radius 3 is 2.54 bits per heavy atom. The van der Waals surface area contributed by atoms with E-state index in [9.17, 15) is 19.7 Å². The van der Waals surface area contributed by atoms with Gasteiger partial charge in [0.1, 0.15) is 24.6 Å². The summed E-state index contributed by atoms with van der Waals surface area (Å²) < 4.78 is 33.7.